The first-order valence-corrected chi connectivity index (χ1v) is 7.91. The number of rotatable bonds is 4. The minimum absolute atomic E-state index is 0.0391. The quantitative estimate of drug-likeness (QED) is 0.717. The SMILES string of the molecule is COc1ccccc1NC(=O)c1cnn(-c2ncccc2Cl)c1C(F)(F)F. The summed E-state index contributed by atoms with van der Waals surface area (Å²) in [6.45, 7) is 0. The Labute approximate surface area is 156 Å². The van der Waals surface area contributed by atoms with Crippen molar-refractivity contribution in [2.24, 2.45) is 0 Å². The number of amides is 1. The molecule has 6 nitrogen and oxygen atoms in total. The van der Waals surface area contributed by atoms with Crippen LogP contribution in [0.4, 0.5) is 18.9 Å². The van der Waals surface area contributed by atoms with Crippen LogP contribution in [-0.2, 0) is 6.18 Å². The van der Waals surface area contributed by atoms with Gasteiger partial charge in [0.15, 0.2) is 11.5 Å². The number of nitrogens with one attached hydrogen (secondary N) is 1. The normalized spacial score (nSPS) is 11.3. The largest absolute Gasteiger partial charge is 0.495 e. The average Bonchev–Trinajstić information content (AvgIpc) is 3.08. The molecule has 0 saturated carbocycles. The summed E-state index contributed by atoms with van der Waals surface area (Å²) < 4.78 is 46.6. The van der Waals surface area contributed by atoms with E-state index in [1.54, 1.807) is 18.2 Å². The Morgan fingerprint density at radius 3 is 2.63 bits per heavy atom. The zero-order chi connectivity index (χ0) is 19.6. The summed E-state index contributed by atoms with van der Waals surface area (Å²) in [6, 6.07) is 9.19. The molecular weight excluding hydrogens is 385 g/mol. The molecule has 27 heavy (non-hydrogen) atoms. The topological polar surface area (TPSA) is 69.0 Å². The van der Waals surface area contributed by atoms with Gasteiger partial charge in [-0.15, -0.1) is 0 Å². The lowest BCUT2D eigenvalue weighted by Gasteiger charge is -2.13. The number of aromatic nitrogens is 3. The van der Waals surface area contributed by atoms with Gasteiger partial charge in [0.2, 0.25) is 0 Å². The first-order valence-electron chi connectivity index (χ1n) is 7.53. The molecule has 0 atom stereocenters. The van der Waals surface area contributed by atoms with Crippen molar-refractivity contribution in [2.45, 2.75) is 6.18 Å². The summed E-state index contributed by atoms with van der Waals surface area (Å²) in [5.74, 6) is -0.924. The van der Waals surface area contributed by atoms with Gasteiger partial charge in [-0.1, -0.05) is 23.7 Å². The van der Waals surface area contributed by atoms with Gasteiger partial charge in [0, 0.05) is 6.20 Å². The second kappa shape index (κ2) is 7.28. The fourth-order valence-electron chi connectivity index (χ4n) is 2.42. The third-order valence-electron chi connectivity index (χ3n) is 3.58. The molecule has 0 aliphatic rings. The first-order chi connectivity index (χ1) is 12.8. The highest BCUT2D eigenvalue weighted by atomic mass is 35.5. The third kappa shape index (κ3) is 3.72. The Balaban J connectivity index is 2.06. The van der Waals surface area contributed by atoms with E-state index in [1.807, 2.05) is 0 Å². The van der Waals surface area contributed by atoms with Crippen LogP contribution < -0.4 is 10.1 Å². The van der Waals surface area contributed by atoms with Crippen molar-refractivity contribution in [3.05, 3.63) is 65.1 Å². The summed E-state index contributed by atoms with van der Waals surface area (Å²) in [5.41, 5.74) is -1.73. The lowest BCUT2D eigenvalue weighted by molar-refractivity contribution is -0.143. The predicted octanol–water partition coefficient (Wildman–Crippen LogP) is 4.20. The zero-order valence-corrected chi connectivity index (χ0v) is 14.5. The van der Waals surface area contributed by atoms with Crippen molar-refractivity contribution in [2.75, 3.05) is 12.4 Å². The van der Waals surface area contributed by atoms with E-state index in [-0.39, 0.29) is 16.5 Å². The van der Waals surface area contributed by atoms with Crippen LogP contribution in [0.5, 0.6) is 5.75 Å². The molecule has 1 N–H and O–H groups in total. The van der Waals surface area contributed by atoms with Gasteiger partial charge in [-0.3, -0.25) is 4.79 Å². The molecule has 10 heteroatoms. The lowest BCUT2D eigenvalue weighted by Crippen LogP contribution is -2.21. The third-order valence-corrected chi connectivity index (χ3v) is 3.87. The number of para-hydroxylation sites is 2. The molecule has 0 aliphatic carbocycles. The Bertz CT molecular complexity index is 988. The van der Waals surface area contributed by atoms with E-state index in [0.717, 1.165) is 6.20 Å². The van der Waals surface area contributed by atoms with E-state index in [4.69, 9.17) is 16.3 Å². The molecule has 2 aromatic heterocycles. The average molecular weight is 397 g/mol. The van der Waals surface area contributed by atoms with Crippen LogP contribution in [-0.4, -0.2) is 27.8 Å². The maximum absolute atomic E-state index is 13.7. The number of benzene rings is 1. The highest BCUT2D eigenvalue weighted by Gasteiger charge is 2.41. The summed E-state index contributed by atoms with van der Waals surface area (Å²) >= 11 is 5.93. The van der Waals surface area contributed by atoms with Crippen LogP contribution in [0, 0.1) is 0 Å². The first kappa shape index (κ1) is 18.7. The van der Waals surface area contributed by atoms with Gasteiger partial charge in [-0.2, -0.15) is 18.3 Å². The van der Waals surface area contributed by atoms with E-state index in [2.05, 4.69) is 15.4 Å². The fraction of sp³-hybridized carbons (Fsp3) is 0.118. The van der Waals surface area contributed by atoms with Gasteiger partial charge in [-0.05, 0) is 24.3 Å². The maximum Gasteiger partial charge on any atom is 0.434 e. The van der Waals surface area contributed by atoms with Crippen LogP contribution in [0.15, 0.2) is 48.8 Å². The molecule has 0 spiro atoms. The van der Waals surface area contributed by atoms with Crippen LogP contribution >= 0.6 is 11.6 Å². The second-order valence-electron chi connectivity index (χ2n) is 5.28. The highest BCUT2D eigenvalue weighted by Crippen LogP contribution is 2.35. The molecular formula is C17H12ClF3N4O2. The lowest BCUT2D eigenvalue weighted by atomic mass is 10.2. The molecule has 0 aliphatic heterocycles. The van der Waals surface area contributed by atoms with Crippen LogP contribution in [0.1, 0.15) is 16.1 Å². The van der Waals surface area contributed by atoms with Crippen LogP contribution in [0.3, 0.4) is 0 Å². The number of carbonyl (C=O) groups is 1. The molecule has 1 aromatic carbocycles. The molecule has 0 unspecified atom stereocenters. The standard InChI is InChI=1S/C17H12ClF3N4O2/c1-27-13-7-3-2-6-12(13)24-16(26)10-9-23-25(14(10)17(19,20)21)15-11(18)5-4-8-22-15/h2-9H,1H3,(H,24,26). The van der Waals surface area contributed by atoms with Crippen molar-refractivity contribution in [1.82, 2.24) is 14.8 Å². The predicted molar refractivity (Wildman–Crippen MR) is 92.3 cm³/mol. The Hall–Kier alpha value is -3.07. The number of halogens is 4. The summed E-state index contributed by atoms with van der Waals surface area (Å²) in [5, 5.41) is 6.04. The number of anilines is 1. The van der Waals surface area contributed by atoms with Gasteiger partial charge in [0.25, 0.3) is 5.91 Å². The fourth-order valence-corrected chi connectivity index (χ4v) is 2.62. The van der Waals surface area contributed by atoms with Crippen molar-refractivity contribution >= 4 is 23.2 Å². The van der Waals surface area contributed by atoms with Crippen LogP contribution in [0.25, 0.3) is 5.82 Å². The van der Waals surface area contributed by atoms with E-state index >= 15 is 0 Å². The Kier molecular flexibility index (Phi) is 5.04. The van der Waals surface area contributed by atoms with Crippen molar-refractivity contribution in [3.63, 3.8) is 0 Å². The molecule has 0 radical (unpaired) electrons. The molecule has 0 fully saturated rings. The van der Waals surface area contributed by atoms with Gasteiger partial charge < -0.3 is 10.1 Å². The molecule has 0 bridgehead atoms. The zero-order valence-electron chi connectivity index (χ0n) is 13.8. The van der Waals surface area contributed by atoms with Gasteiger partial charge in [0.05, 0.1) is 29.6 Å². The van der Waals surface area contributed by atoms with E-state index in [0.29, 0.717) is 10.4 Å². The minimum Gasteiger partial charge on any atom is -0.495 e. The molecule has 3 aromatic rings. The molecule has 140 valence electrons. The van der Waals surface area contributed by atoms with Crippen molar-refractivity contribution in [3.8, 4) is 11.6 Å². The monoisotopic (exact) mass is 396 g/mol. The van der Waals surface area contributed by atoms with Crippen LogP contribution in [0.2, 0.25) is 5.02 Å². The van der Waals surface area contributed by atoms with Crippen molar-refractivity contribution < 1.29 is 22.7 Å². The minimum atomic E-state index is -4.87. The van der Waals surface area contributed by atoms with Gasteiger partial charge in [-0.25, -0.2) is 9.67 Å². The maximum atomic E-state index is 13.7. The second-order valence-corrected chi connectivity index (χ2v) is 5.69. The number of methoxy groups -OCH3 is 1. The smallest absolute Gasteiger partial charge is 0.434 e. The summed E-state index contributed by atoms with van der Waals surface area (Å²) in [7, 11) is 1.38. The summed E-state index contributed by atoms with van der Waals surface area (Å²) in [4.78, 5) is 16.3. The molecule has 1 amide bonds. The number of pyridine rings is 1. The van der Waals surface area contributed by atoms with Gasteiger partial charge in [0.1, 0.15) is 5.75 Å². The number of hydrogen-bond acceptors (Lipinski definition) is 4. The number of nitrogens with zero attached hydrogens (tertiary/aromatic N) is 3. The highest BCUT2D eigenvalue weighted by molar-refractivity contribution is 6.32. The van der Waals surface area contributed by atoms with Gasteiger partial charge >= 0.3 is 6.18 Å². The number of alkyl halides is 3. The number of hydrogen-bond donors (Lipinski definition) is 1. The number of ether oxygens (including phenoxy) is 1. The van der Waals surface area contributed by atoms with E-state index < -0.39 is 23.3 Å². The van der Waals surface area contributed by atoms with E-state index in [1.165, 1.54) is 31.5 Å². The number of carbonyl (C=O) groups excluding carboxylic acids is 1. The Morgan fingerprint density at radius 2 is 1.96 bits per heavy atom. The van der Waals surface area contributed by atoms with Crippen molar-refractivity contribution in [1.29, 1.82) is 0 Å². The molecule has 3 rings (SSSR count). The van der Waals surface area contributed by atoms with E-state index in [9.17, 15) is 18.0 Å². The molecule has 0 saturated heterocycles. The Morgan fingerprint density at radius 1 is 1.22 bits per heavy atom. The molecule has 2 heterocycles. The summed E-state index contributed by atoms with van der Waals surface area (Å²) in [6.07, 6.45) is -2.78.